The first-order valence-electron chi connectivity index (χ1n) is 12.3. The van der Waals surface area contributed by atoms with Gasteiger partial charge in [0, 0.05) is 25.2 Å². The average Bonchev–Trinajstić information content (AvgIpc) is 3.59. The predicted octanol–water partition coefficient (Wildman–Crippen LogP) is 2.17. The Morgan fingerprint density at radius 1 is 1.02 bits per heavy atom. The number of carbonyl (C=O) groups is 2. The molecule has 5 aromatic rings. The summed E-state index contributed by atoms with van der Waals surface area (Å²) in [5.41, 5.74) is 9.30. The molecule has 0 aliphatic carbocycles. The number of hydrogen-bond donors (Lipinski definition) is 3. The largest absolute Gasteiger partial charge is 0.366 e. The molecule has 0 aliphatic rings. The molecule has 2 aromatic carbocycles. The average molecular weight is 562 g/mol. The Morgan fingerprint density at radius 3 is 2.50 bits per heavy atom. The lowest BCUT2D eigenvalue weighted by atomic mass is 10.2. The molecule has 0 spiro atoms. The lowest BCUT2D eigenvalue weighted by Gasteiger charge is -2.09. The van der Waals surface area contributed by atoms with E-state index in [0.29, 0.717) is 53.1 Å². The number of carbonyl (C=O) groups excluding carboxylic acids is 2. The first kappa shape index (κ1) is 26.8. The van der Waals surface area contributed by atoms with Crippen molar-refractivity contribution in [3.05, 3.63) is 77.9 Å². The molecule has 0 atom stereocenters. The number of rotatable bonds is 9. The van der Waals surface area contributed by atoms with Gasteiger partial charge in [0.1, 0.15) is 5.69 Å². The number of aryl methyl sites for hydroxylation is 2. The Kier molecular flexibility index (Phi) is 6.95. The van der Waals surface area contributed by atoms with Crippen molar-refractivity contribution in [1.29, 1.82) is 0 Å². The molecule has 3 aromatic heterocycles. The number of allylic oxidation sites excluding steroid dienone is 2. The number of nitrogens with two attached hydrogens (primary N) is 2. The minimum absolute atomic E-state index is 0.0794. The lowest BCUT2D eigenvalue weighted by Crippen LogP contribution is -2.19. The molecule has 0 bridgehead atoms. The predicted molar refractivity (Wildman–Crippen MR) is 149 cm³/mol. The Labute approximate surface area is 229 Å². The van der Waals surface area contributed by atoms with E-state index < -0.39 is 21.8 Å². The Morgan fingerprint density at radius 2 is 1.77 bits per heavy atom. The summed E-state index contributed by atoms with van der Waals surface area (Å²) in [6.45, 7) is 5.02. The van der Waals surface area contributed by atoms with Crippen LogP contribution < -0.4 is 16.2 Å². The molecule has 0 saturated carbocycles. The van der Waals surface area contributed by atoms with Crippen LogP contribution >= 0.6 is 0 Å². The van der Waals surface area contributed by atoms with Crippen LogP contribution in [0.25, 0.3) is 22.1 Å². The monoisotopic (exact) mass is 561 g/mol. The van der Waals surface area contributed by atoms with E-state index >= 15 is 0 Å². The number of nitrogens with zero attached hydrogens (tertiary/aromatic N) is 6. The second-order valence-corrected chi connectivity index (χ2v) is 10.7. The van der Waals surface area contributed by atoms with E-state index in [1.165, 1.54) is 12.1 Å². The summed E-state index contributed by atoms with van der Waals surface area (Å²) in [6, 6.07) is 11.2. The van der Waals surface area contributed by atoms with E-state index in [9.17, 15) is 18.0 Å². The van der Waals surface area contributed by atoms with Crippen LogP contribution in [0.1, 0.15) is 33.5 Å². The molecule has 0 aliphatic heterocycles. The minimum atomic E-state index is -3.94. The van der Waals surface area contributed by atoms with Gasteiger partial charge in [-0.1, -0.05) is 12.2 Å². The van der Waals surface area contributed by atoms with Crippen LogP contribution in [-0.2, 0) is 29.7 Å². The number of amides is 2. The van der Waals surface area contributed by atoms with Crippen molar-refractivity contribution in [2.75, 3.05) is 5.32 Å². The zero-order chi connectivity index (χ0) is 28.6. The number of primary sulfonamides is 1. The van der Waals surface area contributed by atoms with Gasteiger partial charge in [0.15, 0.2) is 0 Å². The molecular formula is C26H27N9O4S. The number of fused-ring (bicyclic) bond motifs is 2. The highest BCUT2D eigenvalue weighted by Crippen LogP contribution is 2.24. The maximum Gasteiger partial charge on any atom is 0.276 e. The zero-order valence-electron chi connectivity index (χ0n) is 21.8. The fourth-order valence-corrected chi connectivity index (χ4v) is 4.97. The van der Waals surface area contributed by atoms with Crippen LogP contribution in [0.15, 0.2) is 65.8 Å². The van der Waals surface area contributed by atoms with Crippen molar-refractivity contribution in [2.24, 2.45) is 10.9 Å². The highest BCUT2D eigenvalue weighted by Gasteiger charge is 2.19. The summed E-state index contributed by atoms with van der Waals surface area (Å²) < 4.78 is 29.1. The van der Waals surface area contributed by atoms with E-state index in [0.717, 1.165) is 5.52 Å². The maximum atomic E-state index is 13.1. The topological polar surface area (TPSA) is 186 Å². The third-order valence-electron chi connectivity index (χ3n) is 6.37. The minimum Gasteiger partial charge on any atom is -0.366 e. The molecule has 206 valence electrons. The molecule has 0 unspecified atom stereocenters. The number of aromatic nitrogens is 6. The Bertz CT molecular complexity index is 1910. The van der Waals surface area contributed by atoms with Gasteiger partial charge >= 0.3 is 0 Å². The van der Waals surface area contributed by atoms with Crippen molar-refractivity contribution in [3.63, 3.8) is 0 Å². The highest BCUT2D eigenvalue weighted by molar-refractivity contribution is 7.89. The summed E-state index contributed by atoms with van der Waals surface area (Å²) in [7, 11) is -3.94. The standard InChI is InChI=1S/C26H27N9O4S/c1-3-35-23(12-16(2)32-35)25(37)31-26-30-20-14-18(40(28,38)39)7-9-22(20)34(26)11-5-4-10-33-15-29-19-13-17(24(27)36)6-8-21(19)33/h4-9,12-15H,3,10-11H2,1-2H3,(H2,27,36)(H2,28,38,39)(H,30,31,37). The van der Waals surface area contributed by atoms with Crippen LogP contribution in [0.3, 0.4) is 0 Å². The second-order valence-electron chi connectivity index (χ2n) is 9.12. The van der Waals surface area contributed by atoms with Crippen molar-refractivity contribution in [1.82, 2.24) is 28.9 Å². The van der Waals surface area contributed by atoms with Crippen LogP contribution in [0.4, 0.5) is 5.95 Å². The quantitative estimate of drug-likeness (QED) is 0.230. The number of nitrogens with one attached hydrogen (secondary N) is 1. The first-order valence-corrected chi connectivity index (χ1v) is 13.9. The van der Waals surface area contributed by atoms with E-state index in [1.807, 2.05) is 23.6 Å². The maximum absolute atomic E-state index is 13.1. The third-order valence-corrected chi connectivity index (χ3v) is 7.28. The van der Waals surface area contributed by atoms with E-state index in [4.69, 9.17) is 10.9 Å². The van der Waals surface area contributed by atoms with E-state index in [2.05, 4.69) is 20.4 Å². The molecule has 0 radical (unpaired) electrons. The Hall–Kier alpha value is -4.82. The third kappa shape index (κ3) is 5.21. The normalized spacial score (nSPS) is 12.1. The molecule has 0 saturated heterocycles. The second kappa shape index (κ2) is 10.4. The smallest absolute Gasteiger partial charge is 0.276 e. The first-order chi connectivity index (χ1) is 19.0. The summed E-state index contributed by atoms with van der Waals surface area (Å²) in [6.07, 6.45) is 5.49. The molecule has 5 N–H and O–H groups in total. The SMILES string of the molecule is CCn1nc(C)cc1C(=O)Nc1nc2cc(S(N)(=O)=O)ccc2n1CC=CCn1cnc2cc(C(N)=O)ccc21. The zero-order valence-corrected chi connectivity index (χ0v) is 22.6. The molecule has 14 heteroatoms. The number of hydrogen-bond acceptors (Lipinski definition) is 7. The van der Waals surface area contributed by atoms with Gasteiger partial charge in [-0.3, -0.25) is 19.6 Å². The number of imidazole rings is 2. The van der Waals surface area contributed by atoms with E-state index in [1.54, 1.807) is 52.8 Å². The van der Waals surface area contributed by atoms with Gasteiger partial charge in [-0.2, -0.15) is 5.10 Å². The van der Waals surface area contributed by atoms with Gasteiger partial charge in [-0.05, 0) is 56.3 Å². The van der Waals surface area contributed by atoms with Crippen LogP contribution in [-0.4, -0.2) is 49.1 Å². The number of anilines is 1. The summed E-state index contributed by atoms with van der Waals surface area (Å²) >= 11 is 0. The summed E-state index contributed by atoms with van der Waals surface area (Å²) in [4.78, 5) is 33.4. The van der Waals surface area contributed by atoms with E-state index in [-0.39, 0.29) is 10.8 Å². The summed E-state index contributed by atoms with van der Waals surface area (Å²) in [5.74, 6) is -0.670. The van der Waals surface area contributed by atoms with Gasteiger partial charge in [0.25, 0.3) is 5.91 Å². The molecule has 2 amide bonds. The summed E-state index contributed by atoms with van der Waals surface area (Å²) in [5, 5.41) is 12.5. The molecule has 40 heavy (non-hydrogen) atoms. The van der Waals surface area contributed by atoms with Gasteiger partial charge < -0.3 is 14.9 Å². The van der Waals surface area contributed by atoms with Crippen molar-refractivity contribution in [2.45, 2.75) is 38.4 Å². The van der Waals surface area contributed by atoms with Gasteiger partial charge in [0.05, 0.1) is 39.0 Å². The number of sulfonamides is 1. The Balaban J connectivity index is 1.44. The molecule has 13 nitrogen and oxygen atoms in total. The highest BCUT2D eigenvalue weighted by atomic mass is 32.2. The fourth-order valence-electron chi connectivity index (χ4n) is 4.43. The van der Waals surface area contributed by atoms with Crippen LogP contribution in [0.5, 0.6) is 0 Å². The lowest BCUT2D eigenvalue weighted by molar-refractivity contribution is 0.0996. The van der Waals surface area contributed by atoms with Gasteiger partial charge in [-0.25, -0.2) is 23.5 Å². The fraction of sp³-hybridized carbons (Fsp3) is 0.192. The molecule has 5 rings (SSSR count). The molecule has 3 heterocycles. The van der Waals surface area contributed by atoms with Crippen molar-refractivity contribution >= 4 is 49.9 Å². The van der Waals surface area contributed by atoms with Crippen LogP contribution in [0, 0.1) is 6.92 Å². The number of benzene rings is 2. The van der Waals surface area contributed by atoms with Gasteiger partial charge in [0.2, 0.25) is 21.9 Å². The van der Waals surface area contributed by atoms with Gasteiger partial charge in [-0.15, -0.1) is 0 Å². The van der Waals surface area contributed by atoms with Crippen LogP contribution in [0.2, 0.25) is 0 Å². The van der Waals surface area contributed by atoms with Crippen molar-refractivity contribution < 1.29 is 18.0 Å². The number of primary amides is 1. The molecule has 0 fully saturated rings. The molecular weight excluding hydrogens is 534 g/mol. The van der Waals surface area contributed by atoms with Crippen molar-refractivity contribution in [3.8, 4) is 0 Å².